The number of aryl methyl sites for hydroxylation is 2. The maximum Gasteiger partial charge on any atom is 0.0766 e. The molecule has 0 radical (unpaired) electrons. The van der Waals surface area contributed by atoms with Gasteiger partial charge in [-0.15, -0.1) is 0 Å². The Morgan fingerprint density at radius 2 is 2.10 bits per heavy atom. The van der Waals surface area contributed by atoms with Crippen LogP contribution in [0.25, 0.3) is 0 Å². The van der Waals surface area contributed by atoms with E-state index >= 15 is 0 Å². The van der Waals surface area contributed by atoms with Gasteiger partial charge in [0.25, 0.3) is 0 Å². The normalized spacial score (nSPS) is 14.2. The Kier molecular flexibility index (Phi) is 5.12. The molecule has 1 heterocycles. The summed E-state index contributed by atoms with van der Waals surface area (Å²) in [6.45, 7) is 7.06. The highest BCUT2D eigenvalue weighted by Gasteiger charge is 2.26. The molecule has 114 valence electrons. The van der Waals surface area contributed by atoms with E-state index in [1.165, 1.54) is 0 Å². The second kappa shape index (κ2) is 6.51. The molecule has 3 nitrogen and oxygen atoms in total. The van der Waals surface area contributed by atoms with E-state index in [9.17, 15) is 0 Å². The molecule has 0 aliphatic carbocycles. The molecule has 1 atom stereocenters. The fourth-order valence-electron chi connectivity index (χ4n) is 2.48. The lowest BCUT2D eigenvalue weighted by molar-refractivity contribution is 0.462. The van der Waals surface area contributed by atoms with Crippen molar-refractivity contribution in [2.75, 3.05) is 0 Å². The third kappa shape index (κ3) is 3.50. The Bertz CT molecular complexity index is 634. The predicted molar refractivity (Wildman–Crippen MR) is 91.7 cm³/mol. The standard InChI is InChI=1S/C16H21BrClN3/c1-4-13-15(17)14(21(5-2)20-13)10-16(3,19)11-7-6-8-12(18)9-11/h6-9H,4-5,10,19H2,1-3H3. The number of hydrogen-bond acceptors (Lipinski definition) is 2. The summed E-state index contributed by atoms with van der Waals surface area (Å²) in [5.41, 5.74) is 9.31. The van der Waals surface area contributed by atoms with E-state index in [-0.39, 0.29) is 0 Å². The minimum absolute atomic E-state index is 0.495. The average Bonchev–Trinajstić information content (AvgIpc) is 2.75. The lowest BCUT2D eigenvalue weighted by atomic mass is 9.88. The predicted octanol–water partition coefficient (Wildman–Crippen LogP) is 4.30. The Labute approximate surface area is 139 Å². The minimum Gasteiger partial charge on any atom is -0.321 e. The van der Waals surface area contributed by atoms with Crippen LogP contribution in [0, 0.1) is 0 Å². The Balaban J connectivity index is 2.38. The largest absolute Gasteiger partial charge is 0.321 e. The van der Waals surface area contributed by atoms with Crippen LogP contribution in [0.15, 0.2) is 28.7 Å². The van der Waals surface area contributed by atoms with Gasteiger partial charge >= 0.3 is 0 Å². The number of aromatic nitrogens is 2. The second-order valence-corrected chi connectivity index (χ2v) is 6.71. The molecule has 0 spiro atoms. The fraction of sp³-hybridized carbons (Fsp3) is 0.438. The summed E-state index contributed by atoms with van der Waals surface area (Å²) in [5, 5.41) is 5.34. The highest BCUT2D eigenvalue weighted by molar-refractivity contribution is 9.10. The number of nitrogens with zero attached hydrogens (tertiary/aromatic N) is 2. The fourth-order valence-corrected chi connectivity index (χ4v) is 3.37. The summed E-state index contributed by atoms with van der Waals surface area (Å²) in [7, 11) is 0. The lowest BCUT2D eigenvalue weighted by Gasteiger charge is -2.26. The van der Waals surface area contributed by atoms with E-state index in [0.29, 0.717) is 11.4 Å². The molecule has 21 heavy (non-hydrogen) atoms. The van der Waals surface area contributed by atoms with Gasteiger partial charge < -0.3 is 5.73 Å². The molecule has 2 N–H and O–H groups in total. The van der Waals surface area contributed by atoms with Crippen molar-refractivity contribution in [3.05, 3.63) is 50.7 Å². The lowest BCUT2D eigenvalue weighted by Crippen LogP contribution is -2.36. The number of hydrogen-bond donors (Lipinski definition) is 1. The van der Waals surface area contributed by atoms with Crippen LogP contribution >= 0.6 is 27.5 Å². The van der Waals surface area contributed by atoms with Crippen molar-refractivity contribution in [2.45, 2.75) is 45.7 Å². The van der Waals surface area contributed by atoms with Crippen molar-refractivity contribution >= 4 is 27.5 Å². The maximum atomic E-state index is 6.56. The van der Waals surface area contributed by atoms with E-state index in [0.717, 1.165) is 34.4 Å². The molecular formula is C16H21BrClN3. The molecule has 1 unspecified atom stereocenters. The molecular weight excluding hydrogens is 350 g/mol. The minimum atomic E-state index is -0.495. The first kappa shape index (κ1) is 16.5. The van der Waals surface area contributed by atoms with Crippen molar-refractivity contribution in [1.82, 2.24) is 9.78 Å². The van der Waals surface area contributed by atoms with E-state index in [1.807, 2.05) is 35.9 Å². The smallest absolute Gasteiger partial charge is 0.0766 e. The van der Waals surface area contributed by atoms with E-state index < -0.39 is 5.54 Å². The van der Waals surface area contributed by atoms with Crippen LogP contribution in [-0.2, 0) is 24.9 Å². The molecule has 1 aromatic heterocycles. The molecule has 0 saturated heterocycles. The van der Waals surface area contributed by atoms with E-state index in [1.54, 1.807) is 0 Å². The zero-order chi connectivity index (χ0) is 15.6. The van der Waals surface area contributed by atoms with Gasteiger partial charge in [-0.2, -0.15) is 5.10 Å². The number of nitrogens with two attached hydrogens (primary N) is 1. The third-order valence-corrected chi connectivity index (χ3v) is 4.86. The summed E-state index contributed by atoms with van der Waals surface area (Å²) in [4.78, 5) is 0. The number of benzene rings is 1. The molecule has 0 aliphatic heterocycles. The molecule has 0 aliphatic rings. The van der Waals surface area contributed by atoms with Gasteiger partial charge in [0.2, 0.25) is 0 Å². The quantitative estimate of drug-likeness (QED) is 0.853. The highest BCUT2D eigenvalue weighted by Crippen LogP contribution is 2.30. The zero-order valence-electron chi connectivity index (χ0n) is 12.7. The van der Waals surface area contributed by atoms with E-state index in [4.69, 9.17) is 17.3 Å². The first-order valence-corrected chi connectivity index (χ1v) is 8.35. The maximum absolute atomic E-state index is 6.56. The first-order chi connectivity index (χ1) is 9.89. The van der Waals surface area contributed by atoms with Crippen LogP contribution in [0.3, 0.4) is 0 Å². The average molecular weight is 371 g/mol. The van der Waals surface area contributed by atoms with Gasteiger partial charge in [-0.3, -0.25) is 4.68 Å². The van der Waals surface area contributed by atoms with Crippen LogP contribution in [0.2, 0.25) is 5.02 Å². The molecule has 2 aromatic rings. The van der Waals surface area contributed by atoms with Crippen molar-refractivity contribution in [2.24, 2.45) is 5.73 Å². The molecule has 1 aromatic carbocycles. The van der Waals surface area contributed by atoms with Gasteiger partial charge in [-0.05, 0) is 53.9 Å². The van der Waals surface area contributed by atoms with Gasteiger partial charge in [0.05, 0.1) is 15.9 Å². The summed E-state index contributed by atoms with van der Waals surface area (Å²) in [5.74, 6) is 0. The summed E-state index contributed by atoms with van der Waals surface area (Å²) in [6.07, 6.45) is 1.60. The summed E-state index contributed by atoms with van der Waals surface area (Å²) < 4.78 is 3.10. The van der Waals surface area contributed by atoms with Gasteiger partial charge in [0.15, 0.2) is 0 Å². The van der Waals surface area contributed by atoms with Crippen molar-refractivity contribution in [3.8, 4) is 0 Å². The molecule has 0 fully saturated rings. The summed E-state index contributed by atoms with van der Waals surface area (Å²) >= 11 is 9.77. The Hall–Kier alpha value is -0.840. The van der Waals surface area contributed by atoms with E-state index in [2.05, 4.69) is 34.9 Å². The molecule has 0 saturated carbocycles. The van der Waals surface area contributed by atoms with Gasteiger partial charge in [0.1, 0.15) is 0 Å². The van der Waals surface area contributed by atoms with Gasteiger partial charge in [-0.1, -0.05) is 30.7 Å². The number of rotatable bonds is 5. The molecule has 5 heteroatoms. The van der Waals surface area contributed by atoms with Crippen LogP contribution in [0.1, 0.15) is 37.7 Å². The molecule has 0 bridgehead atoms. The van der Waals surface area contributed by atoms with Crippen molar-refractivity contribution in [1.29, 1.82) is 0 Å². The zero-order valence-corrected chi connectivity index (χ0v) is 15.0. The van der Waals surface area contributed by atoms with Gasteiger partial charge in [0, 0.05) is 23.5 Å². The van der Waals surface area contributed by atoms with Crippen LogP contribution < -0.4 is 5.73 Å². The monoisotopic (exact) mass is 369 g/mol. The third-order valence-electron chi connectivity index (χ3n) is 3.71. The first-order valence-electron chi connectivity index (χ1n) is 7.18. The van der Waals surface area contributed by atoms with Crippen LogP contribution in [0.5, 0.6) is 0 Å². The van der Waals surface area contributed by atoms with Crippen LogP contribution in [0.4, 0.5) is 0 Å². The van der Waals surface area contributed by atoms with Crippen molar-refractivity contribution < 1.29 is 0 Å². The SMILES string of the molecule is CCc1nn(CC)c(CC(C)(N)c2cccc(Cl)c2)c1Br. The topological polar surface area (TPSA) is 43.8 Å². The molecule has 0 amide bonds. The Morgan fingerprint density at radius 1 is 1.38 bits per heavy atom. The van der Waals surface area contributed by atoms with Crippen molar-refractivity contribution in [3.63, 3.8) is 0 Å². The van der Waals surface area contributed by atoms with Crippen LogP contribution in [-0.4, -0.2) is 9.78 Å². The molecule has 2 rings (SSSR count). The Morgan fingerprint density at radius 3 is 2.67 bits per heavy atom. The van der Waals surface area contributed by atoms with Gasteiger partial charge in [-0.25, -0.2) is 0 Å². The second-order valence-electron chi connectivity index (χ2n) is 5.48. The number of halogens is 2. The summed E-state index contributed by atoms with van der Waals surface area (Å²) in [6, 6.07) is 7.75. The highest BCUT2D eigenvalue weighted by atomic mass is 79.9.